The molecule has 0 saturated heterocycles. The van der Waals surface area contributed by atoms with Crippen LogP contribution >= 0.6 is 11.6 Å². The number of anilines is 1. The molecule has 0 amide bonds. The van der Waals surface area contributed by atoms with Crippen LogP contribution in [-0.4, -0.2) is 39.4 Å². The van der Waals surface area contributed by atoms with Gasteiger partial charge in [-0.15, -0.1) is 0 Å². The lowest BCUT2D eigenvalue weighted by Crippen LogP contribution is -2.38. The molecule has 0 atom stereocenters. The summed E-state index contributed by atoms with van der Waals surface area (Å²) in [5, 5.41) is 0.129. The van der Waals surface area contributed by atoms with E-state index in [1.165, 1.54) is 12.3 Å². The summed E-state index contributed by atoms with van der Waals surface area (Å²) >= 11 is 5.69. The van der Waals surface area contributed by atoms with Gasteiger partial charge < -0.3 is 5.73 Å². The molecule has 1 fully saturated rings. The van der Waals surface area contributed by atoms with E-state index < -0.39 is 24.6 Å². The molecule has 1 aliphatic rings. The molecular formula is C10H14ClN3O4S2. The number of hydrogen-bond donors (Lipinski definition) is 2. The summed E-state index contributed by atoms with van der Waals surface area (Å²) in [7, 11) is -7.27. The van der Waals surface area contributed by atoms with Gasteiger partial charge in [0.15, 0.2) is 9.84 Å². The lowest BCUT2D eigenvalue weighted by molar-refractivity contribution is 0.566. The van der Waals surface area contributed by atoms with E-state index in [1.54, 1.807) is 0 Å². The van der Waals surface area contributed by atoms with Crippen LogP contribution in [0.15, 0.2) is 17.2 Å². The summed E-state index contributed by atoms with van der Waals surface area (Å²) in [6.07, 6.45) is 3.22. The topological polar surface area (TPSA) is 119 Å². The van der Waals surface area contributed by atoms with Gasteiger partial charge in [-0.25, -0.2) is 26.5 Å². The number of nitrogens with zero attached hydrogens (tertiary/aromatic N) is 1. The summed E-state index contributed by atoms with van der Waals surface area (Å²) in [6.45, 7) is -0.180. The van der Waals surface area contributed by atoms with Crippen LogP contribution in [0.2, 0.25) is 5.02 Å². The highest BCUT2D eigenvalue weighted by molar-refractivity contribution is 7.92. The Kier molecular flexibility index (Phi) is 3.74. The highest BCUT2D eigenvalue weighted by atomic mass is 35.5. The lowest BCUT2D eigenvalue weighted by atomic mass is 10.4. The van der Waals surface area contributed by atoms with E-state index in [0.29, 0.717) is 12.8 Å². The van der Waals surface area contributed by atoms with Crippen molar-refractivity contribution in [3.63, 3.8) is 0 Å². The monoisotopic (exact) mass is 339 g/mol. The maximum Gasteiger partial charge on any atom is 0.244 e. The summed E-state index contributed by atoms with van der Waals surface area (Å²) in [6, 6.07) is 1.17. The molecule has 1 aromatic heterocycles. The molecule has 1 aliphatic carbocycles. The minimum Gasteiger partial charge on any atom is -0.383 e. The molecule has 0 spiro atoms. The standard InChI is InChI=1S/C10H14ClN3O4S2/c1-19(15,16)10(2-3-10)6-14-20(17,18)8-4-7(11)5-13-9(8)12/h4-5,14H,2-3,6H2,1H3,(H2,12,13). The van der Waals surface area contributed by atoms with Gasteiger partial charge in [0.05, 0.1) is 9.77 Å². The van der Waals surface area contributed by atoms with Crippen LogP contribution in [0.25, 0.3) is 0 Å². The van der Waals surface area contributed by atoms with Crippen molar-refractivity contribution in [3.05, 3.63) is 17.3 Å². The van der Waals surface area contributed by atoms with Crippen molar-refractivity contribution in [2.24, 2.45) is 0 Å². The molecule has 112 valence electrons. The number of halogens is 1. The first kappa shape index (κ1) is 15.5. The van der Waals surface area contributed by atoms with E-state index in [1.807, 2.05) is 0 Å². The molecule has 20 heavy (non-hydrogen) atoms. The van der Waals surface area contributed by atoms with Gasteiger partial charge in [0, 0.05) is 19.0 Å². The van der Waals surface area contributed by atoms with Gasteiger partial charge in [-0.2, -0.15) is 0 Å². The van der Waals surface area contributed by atoms with Crippen LogP contribution in [0.3, 0.4) is 0 Å². The third-order valence-electron chi connectivity index (χ3n) is 3.32. The van der Waals surface area contributed by atoms with E-state index in [0.717, 1.165) is 6.26 Å². The van der Waals surface area contributed by atoms with Crippen molar-refractivity contribution in [3.8, 4) is 0 Å². The number of sulfonamides is 1. The number of hydrogen-bond acceptors (Lipinski definition) is 6. The van der Waals surface area contributed by atoms with Gasteiger partial charge >= 0.3 is 0 Å². The predicted molar refractivity (Wildman–Crippen MR) is 75.7 cm³/mol. The Bertz CT molecular complexity index is 742. The van der Waals surface area contributed by atoms with Gasteiger partial charge in [0.2, 0.25) is 10.0 Å². The molecule has 0 radical (unpaired) electrons. The minimum absolute atomic E-state index is 0.129. The Morgan fingerprint density at radius 1 is 1.40 bits per heavy atom. The van der Waals surface area contributed by atoms with Gasteiger partial charge in [0.25, 0.3) is 0 Å². The smallest absolute Gasteiger partial charge is 0.244 e. The van der Waals surface area contributed by atoms with Crippen LogP contribution in [-0.2, 0) is 19.9 Å². The van der Waals surface area contributed by atoms with Gasteiger partial charge in [0.1, 0.15) is 10.7 Å². The number of pyridine rings is 1. The van der Waals surface area contributed by atoms with Crippen LogP contribution in [0.5, 0.6) is 0 Å². The first-order chi connectivity index (χ1) is 9.07. The van der Waals surface area contributed by atoms with Crippen molar-refractivity contribution in [1.29, 1.82) is 0 Å². The summed E-state index contributed by atoms with van der Waals surface area (Å²) in [5.41, 5.74) is 5.51. The molecule has 1 aromatic rings. The normalized spacial score (nSPS) is 17.9. The number of nitrogens with one attached hydrogen (secondary N) is 1. The Morgan fingerprint density at radius 3 is 2.50 bits per heavy atom. The van der Waals surface area contributed by atoms with Crippen molar-refractivity contribution < 1.29 is 16.8 Å². The van der Waals surface area contributed by atoms with Crippen LogP contribution in [0.1, 0.15) is 12.8 Å². The average Bonchev–Trinajstić information content (AvgIpc) is 3.10. The third-order valence-corrected chi connectivity index (χ3v) is 7.08. The van der Waals surface area contributed by atoms with E-state index >= 15 is 0 Å². The fourth-order valence-electron chi connectivity index (χ4n) is 1.77. The van der Waals surface area contributed by atoms with E-state index in [2.05, 4.69) is 9.71 Å². The van der Waals surface area contributed by atoms with E-state index in [9.17, 15) is 16.8 Å². The zero-order valence-electron chi connectivity index (χ0n) is 10.6. The largest absolute Gasteiger partial charge is 0.383 e. The predicted octanol–water partition coefficient (Wildman–Crippen LogP) is 0.173. The minimum atomic E-state index is -3.95. The van der Waals surface area contributed by atoms with Crippen LogP contribution in [0.4, 0.5) is 5.82 Å². The van der Waals surface area contributed by atoms with Crippen LogP contribution < -0.4 is 10.5 Å². The van der Waals surface area contributed by atoms with Gasteiger partial charge in [-0.05, 0) is 18.9 Å². The number of nitrogen functional groups attached to an aromatic ring is 1. The van der Waals surface area contributed by atoms with Gasteiger partial charge in [-0.3, -0.25) is 0 Å². The molecule has 1 saturated carbocycles. The van der Waals surface area contributed by atoms with Gasteiger partial charge in [-0.1, -0.05) is 11.6 Å². The number of nitrogens with two attached hydrogens (primary N) is 1. The zero-order valence-corrected chi connectivity index (χ0v) is 13.0. The highest BCUT2D eigenvalue weighted by Gasteiger charge is 2.52. The summed E-state index contributed by atoms with van der Waals surface area (Å²) in [4.78, 5) is 3.41. The number of rotatable bonds is 5. The van der Waals surface area contributed by atoms with E-state index in [-0.39, 0.29) is 22.3 Å². The lowest BCUT2D eigenvalue weighted by Gasteiger charge is -2.14. The zero-order chi connectivity index (χ0) is 15.2. The molecule has 0 aliphatic heterocycles. The SMILES string of the molecule is CS(=O)(=O)C1(CNS(=O)(=O)c2cc(Cl)cnc2N)CC1. The number of sulfone groups is 1. The van der Waals surface area contributed by atoms with E-state index in [4.69, 9.17) is 17.3 Å². The second kappa shape index (κ2) is 4.83. The van der Waals surface area contributed by atoms with Crippen molar-refractivity contribution in [1.82, 2.24) is 9.71 Å². The number of aromatic nitrogens is 1. The highest BCUT2D eigenvalue weighted by Crippen LogP contribution is 2.42. The molecule has 0 aromatic carbocycles. The molecule has 0 unspecified atom stereocenters. The maximum absolute atomic E-state index is 12.1. The third kappa shape index (κ3) is 2.90. The van der Waals surface area contributed by atoms with Crippen molar-refractivity contribution in [2.75, 3.05) is 18.5 Å². The molecular weight excluding hydrogens is 326 g/mol. The molecule has 10 heteroatoms. The Hall–Kier alpha value is -0.900. The van der Waals surface area contributed by atoms with Crippen molar-refractivity contribution in [2.45, 2.75) is 22.5 Å². The molecule has 7 nitrogen and oxygen atoms in total. The quantitative estimate of drug-likeness (QED) is 0.789. The summed E-state index contributed by atoms with van der Waals surface area (Å²) in [5.74, 6) is -0.189. The Labute approximate surface area is 122 Å². The Balaban J connectivity index is 2.23. The average molecular weight is 340 g/mol. The second-order valence-electron chi connectivity index (χ2n) is 4.82. The fraction of sp³-hybridized carbons (Fsp3) is 0.500. The first-order valence-electron chi connectivity index (χ1n) is 5.68. The fourth-order valence-corrected chi connectivity index (χ4v) is 4.49. The Morgan fingerprint density at radius 2 is 2.00 bits per heavy atom. The molecule has 2 rings (SSSR count). The molecule has 3 N–H and O–H groups in total. The van der Waals surface area contributed by atoms with Crippen molar-refractivity contribution >= 4 is 37.3 Å². The summed E-state index contributed by atoms with van der Waals surface area (Å²) < 4.78 is 48.7. The van der Waals surface area contributed by atoms with Crippen LogP contribution in [0, 0.1) is 0 Å². The maximum atomic E-state index is 12.1. The molecule has 0 bridgehead atoms. The first-order valence-corrected chi connectivity index (χ1v) is 9.43. The second-order valence-corrected chi connectivity index (χ2v) is 9.40. The molecule has 1 heterocycles.